The van der Waals surface area contributed by atoms with Crippen LogP contribution in [0.3, 0.4) is 0 Å². The number of amides is 1. The Kier molecular flexibility index (Phi) is 3.41. The fourth-order valence-corrected chi connectivity index (χ4v) is 2.84. The number of halogens is 1. The molecule has 0 saturated carbocycles. The summed E-state index contributed by atoms with van der Waals surface area (Å²) in [5.74, 6) is -0.443. The Labute approximate surface area is 123 Å². The van der Waals surface area contributed by atoms with Gasteiger partial charge in [-0.05, 0) is 36.6 Å². The van der Waals surface area contributed by atoms with Crippen molar-refractivity contribution in [3.05, 3.63) is 47.5 Å². The van der Waals surface area contributed by atoms with Crippen molar-refractivity contribution >= 4 is 17.3 Å². The maximum Gasteiger partial charge on any atom is 0.274 e. The first-order chi connectivity index (χ1) is 10.1. The molecular weight excluding hydrogens is 269 g/mol. The monoisotopic (exact) mass is 287 g/mol. The third-order valence-electron chi connectivity index (χ3n) is 3.79. The maximum absolute atomic E-state index is 13.4. The zero-order chi connectivity index (χ0) is 15.0. The molecule has 0 fully saturated rings. The molecule has 2 heterocycles. The average Bonchev–Trinajstić information content (AvgIpc) is 3.02. The van der Waals surface area contributed by atoms with Gasteiger partial charge in [0.1, 0.15) is 11.5 Å². The molecule has 1 amide bonds. The predicted molar refractivity (Wildman–Crippen MR) is 80.9 cm³/mol. The lowest BCUT2D eigenvalue weighted by Crippen LogP contribution is -2.30. The number of carbonyl (C=O) groups excluding carboxylic acids is 1. The zero-order valence-electron chi connectivity index (χ0n) is 12.0. The number of benzene rings is 1. The number of aryl methyl sites for hydroxylation is 1. The Morgan fingerprint density at radius 2 is 2.19 bits per heavy atom. The van der Waals surface area contributed by atoms with E-state index in [9.17, 15) is 9.18 Å². The van der Waals surface area contributed by atoms with Gasteiger partial charge in [-0.25, -0.2) is 4.39 Å². The van der Waals surface area contributed by atoms with E-state index in [1.54, 1.807) is 23.2 Å². The van der Waals surface area contributed by atoms with Gasteiger partial charge in [-0.2, -0.15) is 0 Å². The highest BCUT2D eigenvalue weighted by atomic mass is 19.1. The molecule has 0 atom stereocenters. The Balaban J connectivity index is 1.96. The number of anilines is 2. The van der Waals surface area contributed by atoms with E-state index in [1.807, 2.05) is 11.5 Å². The van der Waals surface area contributed by atoms with Crippen molar-refractivity contribution in [1.82, 2.24) is 4.57 Å². The van der Waals surface area contributed by atoms with Gasteiger partial charge in [-0.3, -0.25) is 4.79 Å². The van der Waals surface area contributed by atoms with Crippen molar-refractivity contribution in [1.29, 1.82) is 0 Å². The first kappa shape index (κ1) is 13.7. The van der Waals surface area contributed by atoms with Crippen LogP contribution >= 0.6 is 0 Å². The van der Waals surface area contributed by atoms with E-state index in [0.717, 1.165) is 24.9 Å². The number of fused-ring (bicyclic) bond motifs is 1. The maximum atomic E-state index is 13.4. The molecular formula is C16H18FN3O. The van der Waals surface area contributed by atoms with Crippen LogP contribution in [-0.4, -0.2) is 17.0 Å². The topological polar surface area (TPSA) is 51.3 Å². The summed E-state index contributed by atoms with van der Waals surface area (Å²) in [5.41, 5.74) is 8.62. The molecule has 1 aromatic carbocycles. The molecule has 0 unspecified atom stereocenters. The Bertz CT molecular complexity index is 693. The van der Waals surface area contributed by atoms with E-state index in [-0.39, 0.29) is 11.7 Å². The number of carbonyl (C=O) groups is 1. The number of nitrogens with zero attached hydrogens (tertiary/aromatic N) is 2. The summed E-state index contributed by atoms with van der Waals surface area (Å²) >= 11 is 0. The molecule has 1 aromatic heterocycles. The second-order valence-electron chi connectivity index (χ2n) is 5.33. The highest BCUT2D eigenvalue weighted by Crippen LogP contribution is 2.30. The van der Waals surface area contributed by atoms with Crippen molar-refractivity contribution < 1.29 is 9.18 Å². The molecule has 110 valence electrons. The van der Waals surface area contributed by atoms with Gasteiger partial charge in [0.15, 0.2) is 0 Å². The van der Waals surface area contributed by atoms with Gasteiger partial charge in [-0.1, -0.05) is 13.0 Å². The minimum absolute atomic E-state index is 0.121. The largest absolute Gasteiger partial charge is 0.397 e. The van der Waals surface area contributed by atoms with Crippen LogP contribution in [0, 0.1) is 5.82 Å². The van der Waals surface area contributed by atoms with Crippen LogP contribution in [-0.2, 0) is 13.0 Å². The standard InChI is InChI=1S/C16H18FN3O/c1-2-6-19-10-13(18)9-15(19)16(21)20-7-5-11-3-4-12(17)8-14(11)20/h3-4,8-10H,2,5-7,18H2,1H3. The Morgan fingerprint density at radius 3 is 2.95 bits per heavy atom. The second kappa shape index (κ2) is 5.24. The van der Waals surface area contributed by atoms with Crippen LogP contribution < -0.4 is 10.6 Å². The highest BCUT2D eigenvalue weighted by Gasteiger charge is 2.27. The molecule has 2 aromatic rings. The van der Waals surface area contributed by atoms with Crippen LogP contribution in [0.25, 0.3) is 0 Å². The lowest BCUT2D eigenvalue weighted by molar-refractivity contribution is 0.0980. The summed E-state index contributed by atoms with van der Waals surface area (Å²) in [6, 6.07) is 6.30. The molecule has 5 heteroatoms. The first-order valence-corrected chi connectivity index (χ1v) is 7.16. The van der Waals surface area contributed by atoms with E-state index in [0.29, 0.717) is 23.6 Å². The zero-order valence-corrected chi connectivity index (χ0v) is 12.0. The molecule has 0 saturated heterocycles. The smallest absolute Gasteiger partial charge is 0.274 e. The lowest BCUT2D eigenvalue weighted by atomic mass is 10.1. The minimum Gasteiger partial charge on any atom is -0.397 e. The average molecular weight is 287 g/mol. The first-order valence-electron chi connectivity index (χ1n) is 7.16. The van der Waals surface area contributed by atoms with Gasteiger partial charge in [0.25, 0.3) is 5.91 Å². The van der Waals surface area contributed by atoms with Gasteiger partial charge >= 0.3 is 0 Å². The fraction of sp³-hybridized carbons (Fsp3) is 0.312. The van der Waals surface area contributed by atoms with Crippen molar-refractivity contribution in [2.75, 3.05) is 17.2 Å². The highest BCUT2D eigenvalue weighted by molar-refractivity contribution is 6.06. The molecule has 3 rings (SSSR count). The van der Waals surface area contributed by atoms with Gasteiger partial charge in [0.2, 0.25) is 0 Å². The molecule has 0 bridgehead atoms. The Morgan fingerprint density at radius 1 is 1.38 bits per heavy atom. The number of hydrogen-bond donors (Lipinski definition) is 1. The summed E-state index contributed by atoms with van der Waals surface area (Å²) in [6.07, 6.45) is 3.45. The van der Waals surface area contributed by atoms with Crippen LogP contribution in [0.2, 0.25) is 0 Å². The van der Waals surface area contributed by atoms with Crippen LogP contribution in [0.4, 0.5) is 15.8 Å². The Hall–Kier alpha value is -2.30. The quantitative estimate of drug-likeness (QED) is 0.943. The number of aromatic nitrogens is 1. The molecule has 0 radical (unpaired) electrons. The lowest BCUT2D eigenvalue weighted by Gasteiger charge is -2.18. The fourth-order valence-electron chi connectivity index (χ4n) is 2.84. The van der Waals surface area contributed by atoms with E-state index in [1.165, 1.54) is 12.1 Å². The van der Waals surface area contributed by atoms with E-state index >= 15 is 0 Å². The van der Waals surface area contributed by atoms with Gasteiger partial charge in [0, 0.05) is 19.3 Å². The third-order valence-corrected chi connectivity index (χ3v) is 3.79. The van der Waals surface area contributed by atoms with Crippen molar-refractivity contribution in [3.8, 4) is 0 Å². The van der Waals surface area contributed by atoms with Gasteiger partial charge < -0.3 is 15.2 Å². The molecule has 0 aliphatic carbocycles. The van der Waals surface area contributed by atoms with E-state index in [2.05, 4.69) is 0 Å². The van der Waals surface area contributed by atoms with Crippen molar-refractivity contribution in [3.63, 3.8) is 0 Å². The molecule has 1 aliphatic rings. The number of hydrogen-bond acceptors (Lipinski definition) is 2. The van der Waals surface area contributed by atoms with E-state index < -0.39 is 0 Å². The summed E-state index contributed by atoms with van der Waals surface area (Å²) in [7, 11) is 0. The third kappa shape index (κ3) is 2.39. The SMILES string of the molecule is CCCn1cc(N)cc1C(=O)N1CCc2ccc(F)cc21. The summed E-state index contributed by atoms with van der Waals surface area (Å²) in [5, 5.41) is 0. The predicted octanol–water partition coefficient (Wildman–Crippen LogP) is 2.82. The van der Waals surface area contributed by atoms with Crippen LogP contribution in [0.1, 0.15) is 29.4 Å². The van der Waals surface area contributed by atoms with Crippen LogP contribution in [0.5, 0.6) is 0 Å². The van der Waals surface area contributed by atoms with E-state index in [4.69, 9.17) is 5.73 Å². The van der Waals surface area contributed by atoms with Gasteiger partial charge in [0.05, 0.1) is 11.4 Å². The molecule has 4 nitrogen and oxygen atoms in total. The minimum atomic E-state index is -0.322. The number of rotatable bonds is 3. The molecule has 21 heavy (non-hydrogen) atoms. The molecule has 0 spiro atoms. The number of nitrogens with two attached hydrogens (primary N) is 1. The summed E-state index contributed by atoms with van der Waals surface area (Å²) in [6.45, 7) is 3.36. The molecule has 1 aliphatic heterocycles. The van der Waals surface area contributed by atoms with Crippen molar-refractivity contribution in [2.45, 2.75) is 26.3 Å². The molecule has 2 N–H and O–H groups in total. The summed E-state index contributed by atoms with van der Waals surface area (Å²) in [4.78, 5) is 14.4. The van der Waals surface area contributed by atoms with Crippen LogP contribution in [0.15, 0.2) is 30.5 Å². The number of nitrogen functional groups attached to an aromatic ring is 1. The van der Waals surface area contributed by atoms with Gasteiger partial charge in [-0.15, -0.1) is 0 Å². The van der Waals surface area contributed by atoms with Crippen molar-refractivity contribution in [2.24, 2.45) is 0 Å². The summed E-state index contributed by atoms with van der Waals surface area (Å²) < 4.78 is 15.3. The second-order valence-corrected chi connectivity index (χ2v) is 5.33. The normalized spacial score (nSPS) is 13.5.